The number of hydrogen-bond donors (Lipinski definition) is 1. The molecule has 0 spiro atoms. The van der Waals surface area contributed by atoms with Crippen LogP contribution in [0.3, 0.4) is 0 Å². The van der Waals surface area contributed by atoms with E-state index in [1.807, 2.05) is 0 Å². The predicted molar refractivity (Wildman–Crippen MR) is 130 cm³/mol. The van der Waals surface area contributed by atoms with E-state index in [2.05, 4.69) is 4.72 Å². The SMILES string of the molecule is O=C1C2CCCC3CC([N+](=O)[O-])CC(C(=O)N1C1CCC(S(=O)(=O)NC4CCC(C(F)(F)F)CC4)CC1)C32. The summed E-state index contributed by atoms with van der Waals surface area (Å²) in [6.07, 6.45) is -0.163. The van der Waals surface area contributed by atoms with Crippen LogP contribution in [0.15, 0.2) is 0 Å². The van der Waals surface area contributed by atoms with Crippen LogP contribution in [0.4, 0.5) is 13.2 Å². The van der Waals surface area contributed by atoms with E-state index in [1.54, 1.807) is 0 Å². The van der Waals surface area contributed by atoms with Crippen LogP contribution in [0.5, 0.6) is 0 Å². The summed E-state index contributed by atoms with van der Waals surface area (Å²) >= 11 is 0. The third-order valence-corrected chi connectivity index (χ3v) is 12.1. The lowest BCUT2D eigenvalue weighted by molar-refractivity contribution is -0.531. The minimum atomic E-state index is -4.26. The summed E-state index contributed by atoms with van der Waals surface area (Å²) in [5.74, 6) is -2.89. The van der Waals surface area contributed by atoms with E-state index in [9.17, 15) is 41.3 Å². The molecule has 38 heavy (non-hydrogen) atoms. The van der Waals surface area contributed by atoms with Crippen LogP contribution in [0.25, 0.3) is 0 Å². The van der Waals surface area contributed by atoms with Crippen molar-refractivity contribution in [3.63, 3.8) is 0 Å². The average Bonchev–Trinajstić information content (AvgIpc) is 2.87. The molecule has 1 heterocycles. The van der Waals surface area contributed by atoms with Gasteiger partial charge in [-0.3, -0.25) is 24.6 Å². The van der Waals surface area contributed by atoms with Crippen LogP contribution in [0, 0.1) is 39.7 Å². The first-order valence-corrected chi connectivity index (χ1v) is 15.5. The van der Waals surface area contributed by atoms with Gasteiger partial charge in [0, 0.05) is 41.7 Å². The molecular weight excluding hydrogens is 527 g/mol. The summed E-state index contributed by atoms with van der Waals surface area (Å²) in [4.78, 5) is 39.7. The van der Waals surface area contributed by atoms with Crippen molar-refractivity contribution in [1.82, 2.24) is 9.62 Å². The molecule has 1 N–H and O–H groups in total. The lowest BCUT2D eigenvalue weighted by Gasteiger charge is -2.52. The van der Waals surface area contributed by atoms with Gasteiger partial charge in [-0.15, -0.1) is 0 Å². The summed E-state index contributed by atoms with van der Waals surface area (Å²) in [5.41, 5.74) is 0. The summed E-state index contributed by atoms with van der Waals surface area (Å²) in [7, 11) is -3.76. The minimum absolute atomic E-state index is 0.0103. The molecule has 2 amide bonds. The van der Waals surface area contributed by atoms with E-state index in [0.29, 0.717) is 25.7 Å². The van der Waals surface area contributed by atoms with E-state index in [1.165, 1.54) is 4.90 Å². The van der Waals surface area contributed by atoms with Crippen molar-refractivity contribution in [2.75, 3.05) is 0 Å². The number of rotatable bonds is 5. The maximum atomic E-state index is 13.6. The van der Waals surface area contributed by atoms with E-state index < -0.39 is 51.4 Å². The number of carbonyl (C=O) groups excluding carboxylic acids is 2. The van der Waals surface area contributed by atoms with Crippen molar-refractivity contribution in [3.05, 3.63) is 10.1 Å². The average molecular weight is 564 g/mol. The van der Waals surface area contributed by atoms with Crippen LogP contribution < -0.4 is 4.72 Å². The maximum absolute atomic E-state index is 13.6. The number of nitrogens with one attached hydrogen (secondary N) is 1. The van der Waals surface area contributed by atoms with Crippen LogP contribution in [0.2, 0.25) is 0 Å². The molecule has 0 aromatic carbocycles. The monoisotopic (exact) mass is 563 g/mol. The van der Waals surface area contributed by atoms with Crippen molar-refractivity contribution < 1.29 is 36.1 Å². The molecule has 214 valence electrons. The van der Waals surface area contributed by atoms with Crippen LogP contribution in [-0.2, 0) is 19.6 Å². The van der Waals surface area contributed by atoms with Gasteiger partial charge in [-0.2, -0.15) is 13.2 Å². The molecule has 0 aromatic heterocycles. The van der Waals surface area contributed by atoms with E-state index in [4.69, 9.17) is 0 Å². The molecule has 13 heteroatoms. The van der Waals surface area contributed by atoms with Crippen LogP contribution >= 0.6 is 0 Å². The third kappa shape index (κ3) is 5.21. The molecule has 9 nitrogen and oxygen atoms in total. The van der Waals surface area contributed by atoms with Crippen molar-refractivity contribution in [1.29, 1.82) is 0 Å². The largest absolute Gasteiger partial charge is 0.391 e. The second-order valence-corrected chi connectivity index (χ2v) is 14.1. The first kappa shape index (κ1) is 27.8. The van der Waals surface area contributed by atoms with Gasteiger partial charge in [0.25, 0.3) is 0 Å². The van der Waals surface area contributed by atoms with E-state index in [0.717, 1.165) is 12.8 Å². The number of nitro groups is 1. The molecule has 0 radical (unpaired) electrons. The van der Waals surface area contributed by atoms with Gasteiger partial charge in [0.2, 0.25) is 27.9 Å². The standard InChI is InChI=1S/C25H36F3N3O6S/c26-25(27,28)15-4-6-16(7-5-15)29-38(36,37)19-10-8-17(9-11-19)30-23(32)20-3-1-2-14-12-18(31(34)35)13-21(22(14)20)24(30)33/h14-22,29H,1-13H2. The molecule has 5 atom stereocenters. The van der Waals surface area contributed by atoms with Gasteiger partial charge in [-0.05, 0) is 76.0 Å². The second kappa shape index (κ2) is 10.3. The fourth-order valence-electron chi connectivity index (χ4n) is 8.13. The molecule has 4 aliphatic carbocycles. The highest BCUT2D eigenvalue weighted by Gasteiger charge is 2.58. The molecule has 1 aliphatic heterocycles. The molecular formula is C25H36F3N3O6S. The topological polar surface area (TPSA) is 127 Å². The number of hydrogen-bond acceptors (Lipinski definition) is 6. The van der Waals surface area contributed by atoms with E-state index >= 15 is 0 Å². The molecule has 1 saturated heterocycles. The Balaban J connectivity index is 1.21. The zero-order valence-corrected chi connectivity index (χ0v) is 22.1. The van der Waals surface area contributed by atoms with Gasteiger partial charge in [-0.1, -0.05) is 6.42 Å². The van der Waals surface area contributed by atoms with Crippen LogP contribution in [-0.4, -0.2) is 59.6 Å². The summed E-state index contributed by atoms with van der Waals surface area (Å²) < 4.78 is 67.5. The number of sulfonamides is 1. The fourth-order valence-corrected chi connectivity index (χ4v) is 9.91. The van der Waals surface area contributed by atoms with Crippen molar-refractivity contribution in [2.45, 2.75) is 113 Å². The number of halogens is 3. The van der Waals surface area contributed by atoms with E-state index in [-0.39, 0.29) is 79.4 Å². The van der Waals surface area contributed by atoms with Gasteiger partial charge in [0.1, 0.15) is 0 Å². The zero-order valence-electron chi connectivity index (χ0n) is 21.3. The van der Waals surface area contributed by atoms with Gasteiger partial charge >= 0.3 is 6.18 Å². The third-order valence-electron chi connectivity index (χ3n) is 10.0. The second-order valence-electron chi connectivity index (χ2n) is 12.1. The van der Waals surface area contributed by atoms with Crippen molar-refractivity contribution >= 4 is 21.8 Å². The van der Waals surface area contributed by atoms with Crippen LogP contribution in [0.1, 0.15) is 83.5 Å². The number of nitrogens with zero attached hydrogens (tertiary/aromatic N) is 2. The highest BCUT2D eigenvalue weighted by Crippen LogP contribution is 2.52. The Morgan fingerprint density at radius 3 is 2.11 bits per heavy atom. The van der Waals surface area contributed by atoms with Crippen molar-refractivity contribution in [2.24, 2.45) is 29.6 Å². The lowest BCUT2D eigenvalue weighted by atomic mass is 9.57. The summed E-state index contributed by atoms with van der Waals surface area (Å²) in [6, 6.07) is -1.73. The Hall–Kier alpha value is -1.76. The lowest BCUT2D eigenvalue weighted by Crippen LogP contribution is -2.62. The molecule has 5 fully saturated rings. The highest BCUT2D eigenvalue weighted by atomic mass is 32.2. The van der Waals surface area contributed by atoms with Gasteiger partial charge < -0.3 is 0 Å². The Labute approximate surface area is 220 Å². The Morgan fingerprint density at radius 1 is 0.868 bits per heavy atom. The quantitative estimate of drug-likeness (QED) is 0.308. The maximum Gasteiger partial charge on any atom is 0.391 e. The first-order chi connectivity index (χ1) is 17.9. The summed E-state index contributed by atoms with van der Waals surface area (Å²) in [6.45, 7) is 0. The predicted octanol–water partition coefficient (Wildman–Crippen LogP) is 3.79. The number of piperidine rings is 1. The Kier molecular flexibility index (Phi) is 7.56. The van der Waals surface area contributed by atoms with Gasteiger partial charge in [-0.25, -0.2) is 13.1 Å². The number of amides is 2. The van der Waals surface area contributed by atoms with Crippen molar-refractivity contribution in [3.8, 4) is 0 Å². The molecule has 5 rings (SSSR count). The van der Waals surface area contributed by atoms with Gasteiger partial charge in [0.05, 0.1) is 11.2 Å². The number of carbonyl (C=O) groups is 2. The summed E-state index contributed by atoms with van der Waals surface area (Å²) in [5, 5.41) is 10.9. The zero-order chi connectivity index (χ0) is 27.4. The molecule has 4 saturated carbocycles. The minimum Gasteiger partial charge on any atom is -0.279 e. The smallest absolute Gasteiger partial charge is 0.279 e. The molecule has 0 bridgehead atoms. The number of likely N-dealkylation sites (tertiary alicyclic amines) is 1. The number of imide groups is 1. The normalized spacial score (nSPS) is 40.5. The highest BCUT2D eigenvalue weighted by molar-refractivity contribution is 7.90. The van der Waals surface area contributed by atoms with Gasteiger partial charge in [0.15, 0.2) is 0 Å². The molecule has 5 unspecified atom stereocenters. The molecule has 5 aliphatic rings. The number of alkyl halides is 3. The molecule has 0 aromatic rings. The first-order valence-electron chi connectivity index (χ1n) is 13.9. The fraction of sp³-hybridized carbons (Fsp3) is 0.920. The Morgan fingerprint density at radius 2 is 1.50 bits per heavy atom. The Bertz CT molecular complexity index is 1050.